The molecule has 3 aromatic rings. The Bertz CT molecular complexity index is 1700. The lowest BCUT2D eigenvalue weighted by Crippen LogP contribution is -2.35. The minimum absolute atomic E-state index is 0.591. The molecule has 0 aliphatic carbocycles. The maximum absolute atomic E-state index is 9.52. The van der Waals surface area contributed by atoms with Crippen LogP contribution in [0.4, 0.5) is 5.69 Å². The lowest BCUT2D eigenvalue weighted by atomic mass is 10.0. The van der Waals surface area contributed by atoms with Crippen LogP contribution in [0.5, 0.6) is 5.75 Å². The molecule has 9 heteroatoms. The third kappa shape index (κ3) is 22.1. The largest absolute Gasteiger partial charge is 0.748 e. The summed E-state index contributed by atoms with van der Waals surface area (Å²) in [6, 6.07) is 16.9. The second-order valence-corrected chi connectivity index (χ2v) is 18.3. The van der Waals surface area contributed by atoms with Crippen molar-refractivity contribution in [3.8, 4) is 5.75 Å². The number of aliphatic hydroxyl groups is 1. The summed E-state index contributed by atoms with van der Waals surface area (Å²) in [5.41, 5.74) is 3.31. The number of unbranched alkanes of at least 4 members (excludes halogenated alkanes) is 26. The number of para-hydroxylation sites is 4. The summed E-state index contributed by atoms with van der Waals surface area (Å²) in [6.45, 7) is 5.97. The van der Waals surface area contributed by atoms with Crippen LogP contribution in [-0.2, 0) is 16.7 Å². The molecule has 2 heterocycles. The Kier molecular flexibility index (Phi) is 27.8. The van der Waals surface area contributed by atoms with E-state index in [1.54, 1.807) is 0 Å². The van der Waals surface area contributed by atoms with Gasteiger partial charge in [0.15, 0.2) is 12.3 Å². The first kappa shape index (κ1) is 51.2. The van der Waals surface area contributed by atoms with E-state index in [0.29, 0.717) is 0 Å². The zero-order valence-electron chi connectivity index (χ0n) is 37.8. The van der Waals surface area contributed by atoms with Crippen LogP contribution < -0.4 is 14.2 Å². The van der Waals surface area contributed by atoms with Gasteiger partial charge in [-0.05, 0) is 43.2 Å². The van der Waals surface area contributed by atoms with Crippen LogP contribution in [0.25, 0.3) is 17.2 Å². The zero-order chi connectivity index (χ0) is 42.9. The summed E-state index contributed by atoms with van der Waals surface area (Å²) in [4.78, 5) is 2.36. The summed E-state index contributed by atoms with van der Waals surface area (Å²) in [5.74, 6) is 2.08. The topological polar surface area (TPSA) is 107 Å². The fourth-order valence-electron chi connectivity index (χ4n) is 8.07. The molecule has 1 aliphatic heterocycles. The maximum atomic E-state index is 9.52. The molecule has 0 radical (unpaired) electrons. The van der Waals surface area contributed by atoms with Crippen LogP contribution in [0.1, 0.15) is 200 Å². The van der Waals surface area contributed by atoms with Crippen LogP contribution in [0, 0.1) is 0 Å². The average Bonchev–Trinajstić information content (AvgIpc) is 3.77. The highest BCUT2D eigenvalue weighted by Crippen LogP contribution is 2.39. The molecule has 0 spiro atoms. The van der Waals surface area contributed by atoms with Gasteiger partial charge in [0.1, 0.15) is 0 Å². The monoisotopic (exact) mass is 851 g/mol. The second-order valence-electron chi connectivity index (χ2n) is 16.8. The Hall–Kier alpha value is -3.14. The van der Waals surface area contributed by atoms with Crippen molar-refractivity contribution in [3.05, 3.63) is 72.5 Å². The van der Waals surface area contributed by atoms with Gasteiger partial charge in [0.05, 0.1) is 34.2 Å². The van der Waals surface area contributed by atoms with E-state index in [-0.39, 0.29) is 0 Å². The lowest BCUT2D eigenvalue weighted by molar-refractivity contribution is -0.678. The van der Waals surface area contributed by atoms with Gasteiger partial charge in [0, 0.05) is 19.0 Å². The summed E-state index contributed by atoms with van der Waals surface area (Å²) in [7, 11) is -4.17. The van der Waals surface area contributed by atoms with E-state index in [4.69, 9.17) is 14.3 Å². The highest BCUT2D eigenvalue weighted by molar-refractivity contribution is 7.85. The molecule has 0 fully saturated rings. The molecule has 1 N–H and O–H groups in total. The predicted molar refractivity (Wildman–Crippen MR) is 250 cm³/mol. The Morgan fingerprint density at radius 2 is 1.10 bits per heavy atom. The van der Waals surface area contributed by atoms with Crippen molar-refractivity contribution in [3.63, 3.8) is 0 Å². The van der Waals surface area contributed by atoms with Gasteiger partial charge >= 0.3 is 5.89 Å². The molecule has 0 saturated heterocycles. The number of allylic oxidation sites excluding steroid dienone is 2. The summed E-state index contributed by atoms with van der Waals surface area (Å²) in [6.07, 6.45) is 45.0. The van der Waals surface area contributed by atoms with Gasteiger partial charge in [-0.25, -0.2) is 8.42 Å². The van der Waals surface area contributed by atoms with E-state index in [9.17, 15) is 13.0 Å². The molecule has 338 valence electrons. The molecule has 0 unspecified atom stereocenters. The van der Waals surface area contributed by atoms with Crippen molar-refractivity contribution in [2.75, 3.05) is 23.8 Å². The van der Waals surface area contributed by atoms with Gasteiger partial charge in [-0.3, -0.25) is 0 Å². The maximum Gasteiger partial charge on any atom is 0.374 e. The minimum Gasteiger partial charge on any atom is -0.748 e. The Morgan fingerprint density at radius 1 is 0.633 bits per heavy atom. The van der Waals surface area contributed by atoms with Crippen LogP contribution in [0.3, 0.4) is 0 Å². The van der Waals surface area contributed by atoms with Crippen LogP contribution in [0.15, 0.2) is 71.0 Å². The molecule has 0 atom stereocenters. The summed E-state index contributed by atoms with van der Waals surface area (Å²) < 4.78 is 43.7. The standard InChI is InChI=1S/C49H77N2O2.C2H6O4S/c1-3-5-7-9-11-13-15-17-19-21-23-25-27-33-42-50-44-36-29-31-38-46(44)52-48(50)40-35-41-49-51(45-37-30-32-39-47(45)53-49)43-34-28-26-24-22-20-18-16-14-12-10-8-6-4-2;3-1-2-7(4,5)6/h29-32,35-41H,3-28,33-34,42-43H2,1-2H3;3H,1-2H2,(H,4,5,6)/q+1;/p-1. The van der Waals surface area contributed by atoms with Crippen molar-refractivity contribution in [1.29, 1.82) is 0 Å². The first-order valence-corrected chi connectivity index (χ1v) is 25.8. The Morgan fingerprint density at radius 3 is 1.60 bits per heavy atom. The number of benzene rings is 2. The molecule has 0 amide bonds. The van der Waals surface area contributed by atoms with E-state index in [1.807, 2.05) is 0 Å². The minimum atomic E-state index is -4.17. The Balaban J connectivity index is 0.00000126. The number of aromatic nitrogens is 1. The van der Waals surface area contributed by atoms with Crippen LogP contribution >= 0.6 is 0 Å². The molecule has 60 heavy (non-hydrogen) atoms. The molecular weight excluding hydrogens is 769 g/mol. The van der Waals surface area contributed by atoms with Gasteiger partial charge in [0.25, 0.3) is 5.52 Å². The number of oxazole rings is 1. The average molecular weight is 851 g/mol. The number of hydrogen-bond donors (Lipinski definition) is 1. The molecule has 1 aromatic heterocycles. The van der Waals surface area contributed by atoms with Crippen molar-refractivity contribution in [2.24, 2.45) is 0 Å². The molecule has 2 aromatic carbocycles. The number of rotatable bonds is 34. The number of aliphatic hydroxyl groups excluding tert-OH is 1. The van der Waals surface area contributed by atoms with Gasteiger partial charge in [-0.2, -0.15) is 4.57 Å². The molecule has 0 saturated carbocycles. The number of nitrogens with zero attached hydrogens (tertiary/aromatic N) is 2. The zero-order valence-corrected chi connectivity index (χ0v) is 38.6. The van der Waals surface area contributed by atoms with Crippen molar-refractivity contribution in [1.82, 2.24) is 0 Å². The highest BCUT2D eigenvalue weighted by Gasteiger charge is 2.25. The van der Waals surface area contributed by atoms with Crippen molar-refractivity contribution < 1.29 is 31.8 Å². The molecule has 8 nitrogen and oxygen atoms in total. The first-order chi connectivity index (χ1) is 29.4. The molecular formula is C51H82N2O6S. The Labute approximate surface area is 365 Å². The van der Waals surface area contributed by atoms with Crippen molar-refractivity contribution in [2.45, 2.75) is 200 Å². The third-order valence-corrected chi connectivity index (χ3v) is 12.2. The van der Waals surface area contributed by atoms with E-state index in [0.717, 1.165) is 36.2 Å². The lowest BCUT2D eigenvalue weighted by Gasteiger charge is -2.18. The van der Waals surface area contributed by atoms with Gasteiger partial charge in [-0.15, -0.1) is 0 Å². The smallest absolute Gasteiger partial charge is 0.374 e. The molecule has 0 bridgehead atoms. The normalized spacial score (nSPS) is 13.3. The molecule has 1 aliphatic rings. The van der Waals surface area contributed by atoms with Crippen molar-refractivity contribution >= 4 is 33.0 Å². The van der Waals surface area contributed by atoms with E-state index < -0.39 is 22.5 Å². The van der Waals surface area contributed by atoms with Gasteiger partial charge in [-0.1, -0.05) is 199 Å². The quantitative estimate of drug-likeness (QED) is 0.0362. The number of anilines is 1. The van der Waals surface area contributed by atoms with E-state index >= 15 is 0 Å². The summed E-state index contributed by atoms with van der Waals surface area (Å²) >= 11 is 0. The first-order valence-electron chi connectivity index (χ1n) is 24.3. The van der Waals surface area contributed by atoms with Crippen LogP contribution in [-0.4, -0.2) is 37.0 Å². The third-order valence-electron chi connectivity index (χ3n) is 11.6. The van der Waals surface area contributed by atoms with Gasteiger partial charge in [0.2, 0.25) is 11.5 Å². The SMILES string of the molecule is CCCCCCCCCCCCCCCCN1C(=CC=Cc2oc3ccccc3[n+]2CCCCCCCCCCCCCCCC)Oc2ccccc21.O=S(=O)([O-])CCO. The fraction of sp³-hybridized carbons (Fsp3) is 0.667. The van der Waals surface area contributed by atoms with E-state index in [2.05, 4.69) is 90.1 Å². The summed E-state index contributed by atoms with van der Waals surface area (Å²) in [5, 5.41) is 7.82. The number of aryl methyl sites for hydroxylation is 1. The molecule has 4 rings (SSSR count). The van der Waals surface area contributed by atoms with Crippen LogP contribution in [0.2, 0.25) is 0 Å². The number of fused-ring (bicyclic) bond motifs is 2. The number of ether oxygens (including phenoxy) is 1. The second kappa shape index (κ2) is 32.6. The van der Waals surface area contributed by atoms with E-state index in [1.165, 1.54) is 191 Å². The fourth-order valence-corrected chi connectivity index (χ4v) is 8.29. The highest BCUT2D eigenvalue weighted by atomic mass is 32.2. The predicted octanol–water partition coefficient (Wildman–Crippen LogP) is 14.0. The number of hydrogen-bond acceptors (Lipinski definition) is 7. The van der Waals surface area contributed by atoms with Gasteiger partial charge < -0.3 is 23.7 Å².